The fraction of sp³-hybridized carbons (Fsp3) is 0.250. The summed E-state index contributed by atoms with van der Waals surface area (Å²) in [6.45, 7) is 0.0514. The van der Waals surface area contributed by atoms with Crippen LogP contribution in [-0.2, 0) is 19.5 Å². The van der Waals surface area contributed by atoms with Gasteiger partial charge in [-0.1, -0.05) is 42.5 Å². The lowest BCUT2D eigenvalue weighted by Gasteiger charge is -2.14. The standard InChI is InChI=1S/C16H19NO4S/c1-20-16(21-2)12-17-22(18,19)15-10-8-14(9-11-15)13-6-4-3-5-7-13/h3-11,16-17H,12H2,1-2H3. The Morgan fingerprint density at radius 3 is 2.00 bits per heavy atom. The van der Waals surface area contributed by atoms with Crippen LogP contribution in [0.2, 0.25) is 0 Å². The Labute approximate surface area is 130 Å². The molecule has 0 aromatic heterocycles. The van der Waals surface area contributed by atoms with E-state index in [0.29, 0.717) is 0 Å². The van der Waals surface area contributed by atoms with E-state index in [2.05, 4.69) is 4.72 Å². The molecule has 0 saturated heterocycles. The van der Waals surface area contributed by atoms with E-state index >= 15 is 0 Å². The van der Waals surface area contributed by atoms with E-state index in [1.807, 2.05) is 30.3 Å². The zero-order valence-corrected chi connectivity index (χ0v) is 13.3. The number of ether oxygens (including phenoxy) is 2. The third-order valence-electron chi connectivity index (χ3n) is 3.24. The highest BCUT2D eigenvalue weighted by molar-refractivity contribution is 7.89. The third kappa shape index (κ3) is 4.14. The van der Waals surface area contributed by atoms with Crippen molar-refractivity contribution < 1.29 is 17.9 Å². The number of nitrogens with one attached hydrogen (secondary N) is 1. The van der Waals surface area contributed by atoms with Crippen LogP contribution in [0.4, 0.5) is 0 Å². The summed E-state index contributed by atoms with van der Waals surface area (Å²) in [5, 5.41) is 0. The van der Waals surface area contributed by atoms with E-state index in [1.54, 1.807) is 24.3 Å². The quantitative estimate of drug-likeness (QED) is 0.795. The van der Waals surface area contributed by atoms with Crippen LogP contribution in [0.25, 0.3) is 11.1 Å². The van der Waals surface area contributed by atoms with Crippen molar-refractivity contribution in [2.24, 2.45) is 0 Å². The minimum Gasteiger partial charge on any atom is -0.355 e. The minimum absolute atomic E-state index is 0.0514. The largest absolute Gasteiger partial charge is 0.355 e. The molecule has 0 atom stereocenters. The first-order chi connectivity index (χ1) is 10.6. The average molecular weight is 321 g/mol. The van der Waals surface area contributed by atoms with Crippen molar-refractivity contribution in [1.82, 2.24) is 4.72 Å². The molecule has 0 radical (unpaired) electrons. The third-order valence-corrected chi connectivity index (χ3v) is 4.68. The predicted molar refractivity (Wildman–Crippen MR) is 84.9 cm³/mol. The predicted octanol–water partition coefficient (Wildman–Crippen LogP) is 2.25. The number of rotatable bonds is 7. The van der Waals surface area contributed by atoms with Crippen LogP contribution in [-0.4, -0.2) is 35.5 Å². The molecular formula is C16H19NO4S. The van der Waals surface area contributed by atoms with Gasteiger partial charge in [0.05, 0.1) is 11.4 Å². The minimum atomic E-state index is -3.58. The molecule has 118 valence electrons. The molecular weight excluding hydrogens is 302 g/mol. The molecule has 6 heteroatoms. The average Bonchev–Trinajstić information content (AvgIpc) is 2.57. The lowest BCUT2D eigenvalue weighted by molar-refractivity contribution is -0.0960. The summed E-state index contributed by atoms with van der Waals surface area (Å²) >= 11 is 0. The van der Waals surface area contributed by atoms with Crippen LogP contribution in [0.15, 0.2) is 59.5 Å². The molecule has 2 aromatic rings. The summed E-state index contributed by atoms with van der Waals surface area (Å²) in [4.78, 5) is 0.207. The first kappa shape index (κ1) is 16.6. The first-order valence-electron chi connectivity index (χ1n) is 6.77. The molecule has 0 spiro atoms. The van der Waals surface area contributed by atoms with Gasteiger partial charge in [-0.2, -0.15) is 0 Å². The van der Waals surface area contributed by atoms with Crippen molar-refractivity contribution in [1.29, 1.82) is 0 Å². The first-order valence-corrected chi connectivity index (χ1v) is 8.26. The van der Waals surface area contributed by atoms with Gasteiger partial charge in [0.2, 0.25) is 10.0 Å². The van der Waals surface area contributed by atoms with Gasteiger partial charge in [-0.3, -0.25) is 0 Å². The lowest BCUT2D eigenvalue weighted by atomic mass is 10.1. The van der Waals surface area contributed by atoms with Crippen molar-refractivity contribution >= 4 is 10.0 Å². The molecule has 22 heavy (non-hydrogen) atoms. The van der Waals surface area contributed by atoms with Crippen molar-refractivity contribution in [3.63, 3.8) is 0 Å². The van der Waals surface area contributed by atoms with Gasteiger partial charge in [0.15, 0.2) is 6.29 Å². The van der Waals surface area contributed by atoms with Gasteiger partial charge < -0.3 is 9.47 Å². The highest BCUT2D eigenvalue weighted by Crippen LogP contribution is 2.20. The van der Waals surface area contributed by atoms with Gasteiger partial charge in [-0.05, 0) is 23.3 Å². The molecule has 0 bridgehead atoms. The number of hydrogen-bond acceptors (Lipinski definition) is 4. The molecule has 0 aliphatic heterocycles. The second-order valence-electron chi connectivity index (χ2n) is 4.64. The lowest BCUT2D eigenvalue weighted by Crippen LogP contribution is -2.34. The van der Waals surface area contributed by atoms with Crippen molar-refractivity contribution in [3.8, 4) is 11.1 Å². The van der Waals surface area contributed by atoms with Crippen LogP contribution in [0.1, 0.15) is 0 Å². The maximum Gasteiger partial charge on any atom is 0.240 e. The van der Waals surface area contributed by atoms with Crippen molar-refractivity contribution in [2.75, 3.05) is 20.8 Å². The van der Waals surface area contributed by atoms with Gasteiger partial charge >= 0.3 is 0 Å². The summed E-state index contributed by atoms with van der Waals surface area (Å²) in [6.07, 6.45) is -0.613. The summed E-state index contributed by atoms with van der Waals surface area (Å²) in [7, 11) is -0.674. The van der Waals surface area contributed by atoms with Crippen LogP contribution >= 0.6 is 0 Å². The van der Waals surface area contributed by atoms with Gasteiger partial charge in [-0.25, -0.2) is 13.1 Å². The Balaban J connectivity index is 2.12. The topological polar surface area (TPSA) is 64.6 Å². The Morgan fingerprint density at radius 1 is 0.909 bits per heavy atom. The molecule has 5 nitrogen and oxygen atoms in total. The molecule has 0 aliphatic carbocycles. The normalized spacial score (nSPS) is 11.8. The number of benzene rings is 2. The van der Waals surface area contributed by atoms with Crippen molar-refractivity contribution in [2.45, 2.75) is 11.2 Å². The van der Waals surface area contributed by atoms with Crippen LogP contribution < -0.4 is 4.72 Å². The highest BCUT2D eigenvalue weighted by Gasteiger charge is 2.16. The molecule has 0 fully saturated rings. The van der Waals surface area contributed by atoms with E-state index in [1.165, 1.54) is 14.2 Å². The fourth-order valence-electron chi connectivity index (χ4n) is 1.98. The molecule has 0 saturated carbocycles. The van der Waals surface area contributed by atoms with E-state index in [0.717, 1.165) is 11.1 Å². The van der Waals surface area contributed by atoms with E-state index in [4.69, 9.17) is 9.47 Å². The SMILES string of the molecule is COC(CNS(=O)(=O)c1ccc(-c2ccccc2)cc1)OC. The fourth-order valence-corrected chi connectivity index (χ4v) is 3.00. The maximum atomic E-state index is 12.2. The summed E-state index contributed by atoms with van der Waals surface area (Å²) < 4.78 is 36.8. The van der Waals surface area contributed by atoms with E-state index in [9.17, 15) is 8.42 Å². The molecule has 0 unspecified atom stereocenters. The zero-order valence-electron chi connectivity index (χ0n) is 12.5. The molecule has 0 heterocycles. The highest BCUT2D eigenvalue weighted by atomic mass is 32.2. The summed E-state index contributed by atoms with van der Waals surface area (Å²) in [6, 6.07) is 16.5. The smallest absolute Gasteiger partial charge is 0.240 e. The Bertz CT molecular complexity index is 680. The molecule has 2 rings (SSSR count). The van der Waals surface area contributed by atoms with Gasteiger partial charge in [0, 0.05) is 14.2 Å². The number of methoxy groups -OCH3 is 2. The molecule has 2 aromatic carbocycles. The number of sulfonamides is 1. The van der Waals surface area contributed by atoms with Crippen LogP contribution in [0, 0.1) is 0 Å². The van der Waals surface area contributed by atoms with Gasteiger partial charge in [-0.15, -0.1) is 0 Å². The van der Waals surface area contributed by atoms with E-state index < -0.39 is 16.3 Å². The van der Waals surface area contributed by atoms with E-state index in [-0.39, 0.29) is 11.4 Å². The van der Waals surface area contributed by atoms with Gasteiger partial charge in [0.1, 0.15) is 0 Å². The second-order valence-corrected chi connectivity index (χ2v) is 6.41. The summed E-state index contributed by atoms with van der Waals surface area (Å²) in [5.74, 6) is 0. The number of hydrogen-bond donors (Lipinski definition) is 1. The Morgan fingerprint density at radius 2 is 1.45 bits per heavy atom. The molecule has 1 N–H and O–H groups in total. The second kappa shape index (κ2) is 7.51. The van der Waals surface area contributed by atoms with Crippen molar-refractivity contribution in [3.05, 3.63) is 54.6 Å². The summed E-state index contributed by atoms with van der Waals surface area (Å²) in [5.41, 5.74) is 2.00. The molecule has 0 aliphatic rings. The Kier molecular flexibility index (Phi) is 5.68. The van der Waals surface area contributed by atoms with Gasteiger partial charge in [0.25, 0.3) is 0 Å². The monoisotopic (exact) mass is 321 g/mol. The zero-order chi connectivity index (χ0) is 16.0. The van der Waals surface area contributed by atoms with Crippen LogP contribution in [0.5, 0.6) is 0 Å². The maximum absolute atomic E-state index is 12.2. The Hall–Kier alpha value is -1.73. The van der Waals surface area contributed by atoms with Crippen LogP contribution in [0.3, 0.4) is 0 Å². The molecule has 0 amide bonds.